The molecule has 3 atom stereocenters. The van der Waals surface area contributed by atoms with Crippen molar-refractivity contribution in [3.8, 4) is 0 Å². The van der Waals surface area contributed by atoms with Crippen LogP contribution in [0.2, 0.25) is 0 Å². The van der Waals surface area contributed by atoms with Crippen LogP contribution in [0.5, 0.6) is 0 Å². The molecule has 0 N–H and O–H groups in total. The fraction of sp³-hybridized carbons (Fsp3) is 1.00. The molecular formula is C10H23BN2. The molecule has 0 aromatic heterocycles. The standard InChI is InChI=1S/C8H17BN2.C2H6/c1-6-5-11(9)8(3)7(2)10(6)4;1-2/h6-8H,5H2,1-4H3;1-2H3. The Bertz CT molecular complexity index is 127. The molecule has 13 heavy (non-hydrogen) atoms. The summed E-state index contributed by atoms with van der Waals surface area (Å²) >= 11 is 0. The molecule has 2 radical (unpaired) electrons. The van der Waals surface area contributed by atoms with Crippen LogP contribution in [0.1, 0.15) is 34.6 Å². The minimum atomic E-state index is 0.469. The zero-order valence-corrected chi connectivity index (χ0v) is 9.91. The van der Waals surface area contributed by atoms with E-state index < -0.39 is 0 Å². The predicted octanol–water partition coefficient (Wildman–Crippen LogP) is 1.51. The van der Waals surface area contributed by atoms with Crippen LogP contribution in [0.3, 0.4) is 0 Å². The van der Waals surface area contributed by atoms with Gasteiger partial charge in [0.15, 0.2) is 7.98 Å². The third-order valence-electron chi connectivity index (χ3n) is 3.03. The largest absolute Gasteiger partial charge is 0.349 e. The second kappa shape index (κ2) is 5.66. The summed E-state index contributed by atoms with van der Waals surface area (Å²) in [4.78, 5) is 4.32. The van der Waals surface area contributed by atoms with Crippen LogP contribution < -0.4 is 0 Å². The first-order chi connectivity index (χ1) is 6.04. The molecule has 0 aromatic carbocycles. The molecule has 1 rings (SSSR count). The summed E-state index contributed by atoms with van der Waals surface area (Å²) in [6, 6.07) is 1.60. The van der Waals surface area contributed by atoms with E-state index in [1.165, 1.54) is 0 Å². The van der Waals surface area contributed by atoms with Gasteiger partial charge >= 0.3 is 0 Å². The molecule has 3 heteroatoms. The van der Waals surface area contributed by atoms with E-state index in [9.17, 15) is 0 Å². The maximum absolute atomic E-state index is 5.83. The molecular weight excluding hydrogens is 159 g/mol. The van der Waals surface area contributed by atoms with Crippen molar-refractivity contribution in [2.45, 2.75) is 52.7 Å². The van der Waals surface area contributed by atoms with Gasteiger partial charge in [0.25, 0.3) is 0 Å². The number of likely N-dealkylation sites (N-methyl/N-ethyl adjacent to an activating group) is 1. The van der Waals surface area contributed by atoms with Gasteiger partial charge in [0.1, 0.15) is 0 Å². The Kier molecular flexibility index (Phi) is 5.65. The van der Waals surface area contributed by atoms with Gasteiger partial charge in [0.05, 0.1) is 0 Å². The van der Waals surface area contributed by atoms with Crippen molar-refractivity contribution in [2.75, 3.05) is 13.6 Å². The van der Waals surface area contributed by atoms with Crippen molar-refractivity contribution in [2.24, 2.45) is 0 Å². The Balaban J connectivity index is 0.000000671. The Labute approximate surface area is 84.7 Å². The van der Waals surface area contributed by atoms with Crippen molar-refractivity contribution in [1.29, 1.82) is 0 Å². The van der Waals surface area contributed by atoms with E-state index in [4.69, 9.17) is 7.98 Å². The number of hydrogen-bond acceptors (Lipinski definition) is 2. The molecule has 0 bridgehead atoms. The maximum Gasteiger partial charge on any atom is 0.183 e. The van der Waals surface area contributed by atoms with Crippen molar-refractivity contribution in [1.82, 2.24) is 9.71 Å². The van der Waals surface area contributed by atoms with Crippen LogP contribution in [0.25, 0.3) is 0 Å². The van der Waals surface area contributed by atoms with Gasteiger partial charge in [-0.2, -0.15) is 0 Å². The van der Waals surface area contributed by atoms with E-state index >= 15 is 0 Å². The summed E-state index contributed by atoms with van der Waals surface area (Å²) in [7, 11) is 7.99. The molecule has 0 amide bonds. The van der Waals surface area contributed by atoms with Crippen LogP contribution >= 0.6 is 0 Å². The van der Waals surface area contributed by atoms with Crippen LogP contribution in [-0.2, 0) is 0 Å². The van der Waals surface area contributed by atoms with Crippen molar-refractivity contribution < 1.29 is 0 Å². The molecule has 1 fully saturated rings. The highest BCUT2D eigenvalue weighted by Gasteiger charge is 2.29. The van der Waals surface area contributed by atoms with Gasteiger partial charge in [-0.25, -0.2) is 0 Å². The van der Waals surface area contributed by atoms with E-state index in [1.54, 1.807) is 0 Å². The van der Waals surface area contributed by atoms with Gasteiger partial charge in [-0.1, -0.05) is 13.8 Å². The van der Waals surface area contributed by atoms with E-state index in [0.717, 1.165) is 6.54 Å². The van der Waals surface area contributed by atoms with Crippen LogP contribution in [-0.4, -0.2) is 49.4 Å². The van der Waals surface area contributed by atoms with Gasteiger partial charge in [-0.15, -0.1) is 0 Å². The van der Waals surface area contributed by atoms with Gasteiger partial charge in [0, 0.05) is 24.7 Å². The highest BCUT2D eigenvalue weighted by Crippen LogP contribution is 2.17. The van der Waals surface area contributed by atoms with Crippen LogP contribution in [0.4, 0.5) is 0 Å². The first kappa shape index (κ1) is 13.0. The molecule has 0 spiro atoms. The molecule has 76 valence electrons. The summed E-state index contributed by atoms with van der Waals surface area (Å²) < 4.78 is 0. The Morgan fingerprint density at radius 2 is 1.54 bits per heavy atom. The second-order valence-electron chi connectivity index (χ2n) is 3.69. The third-order valence-corrected chi connectivity index (χ3v) is 3.03. The van der Waals surface area contributed by atoms with Gasteiger partial charge in [-0.3, -0.25) is 4.90 Å². The van der Waals surface area contributed by atoms with Gasteiger partial charge < -0.3 is 4.81 Å². The Morgan fingerprint density at radius 1 is 1.08 bits per heavy atom. The molecule has 0 aromatic rings. The lowest BCUT2D eigenvalue weighted by Crippen LogP contribution is -2.58. The third kappa shape index (κ3) is 2.99. The molecule has 1 saturated heterocycles. The summed E-state index contributed by atoms with van der Waals surface area (Å²) in [6.45, 7) is 11.6. The topological polar surface area (TPSA) is 6.48 Å². The minimum Gasteiger partial charge on any atom is -0.349 e. The van der Waals surface area contributed by atoms with Gasteiger partial charge in [-0.05, 0) is 27.8 Å². The zero-order valence-electron chi connectivity index (χ0n) is 9.91. The fourth-order valence-corrected chi connectivity index (χ4v) is 1.62. The number of nitrogens with zero attached hydrogens (tertiary/aromatic N) is 2. The maximum atomic E-state index is 5.83. The van der Waals surface area contributed by atoms with Crippen LogP contribution in [0.15, 0.2) is 0 Å². The highest BCUT2D eigenvalue weighted by molar-refractivity contribution is 6.04. The molecule has 2 nitrogen and oxygen atoms in total. The van der Waals surface area contributed by atoms with Crippen molar-refractivity contribution >= 4 is 7.98 Å². The average molecular weight is 182 g/mol. The molecule has 1 heterocycles. The Hall–Kier alpha value is -0.0151. The molecule has 1 aliphatic rings. The smallest absolute Gasteiger partial charge is 0.183 e. The highest BCUT2D eigenvalue weighted by atomic mass is 15.3. The molecule has 1 aliphatic heterocycles. The first-order valence-corrected chi connectivity index (χ1v) is 5.27. The second-order valence-corrected chi connectivity index (χ2v) is 3.69. The predicted molar refractivity (Wildman–Crippen MR) is 60.0 cm³/mol. The lowest BCUT2D eigenvalue weighted by molar-refractivity contribution is 0.0647. The lowest BCUT2D eigenvalue weighted by atomic mass is 9.98. The molecule has 3 unspecified atom stereocenters. The Morgan fingerprint density at radius 3 is 2.00 bits per heavy atom. The fourth-order valence-electron chi connectivity index (χ4n) is 1.62. The normalized spacial score (nSPS) is 36.6. The molecule has 0 aliphatic carbocycles. The van der Waals surface area contributed by atoms with Crippen molar-refractivity contribution in [3.05, 3.63) is 0 Å². The van der Waals surface area contributed by atoms with Crippen molar-refractivity contribution in [3.63, 3.8) is 0 Å². The summed E-state index contributed by atoms with van der Waals surface area (Å²) in [5.74, 6) is 0. The SMILES string of the molecule is CC.[B]N1CC(C)N(C)C(C)C1C. The number of hydrogen-bond donors (Lipinski definition) is 0. The van der Waals surface area contributed by atoms with Gasteiger partial charge in [0.2, 0.25) is 0 Å². The zero-order chi connectivity index (χ0) is 10.6. The lowest BCUT2D eigenvalue weighted by Gasteiger charge is -2.46. The minimum absolute atomic E-state index is 0.469. The van der Waals surface area contributed by atoms with E-state index in [-0.39, 0.29) is 0 Å². The van der Waals surface area contributed by atoms with E-state index in [0.29, 0.717) is 18.1 Å². The summed E-state index contributed by atoms with van der Waals surface area (Å²) in [5, 5.41) is 0. The van der Waals surface area contributed by atoms with Crippen LogP contribution in [0, 0.1) is 0 Å². The summed E-state index contributed by atoms with van der Waals surface area (Å²) in [6.07, 6.45) is 0. The quantitative estimate of drug-likeness (QED) is 0.524. The van der Waals surface area contributed by atoms with E-state index in [2.05, 4.69) is 32.7 Å². The molecule has 0 saturated carbocycles. The first-order valence-electron chi connectivity index (χ1n) is 5.27. The average Bonchev–Trinajstić information content (AvgIpc) is 2.15. The number of rotatable bonds is 0. The monoisotopic (exact) mass is 182 g/mol. The summed E-state index contributed by atoms with van der Waals surface area (Å²) in [5.41, 5.74) is 0. The van der Waals surface area contributed by atoms with E-state index in [1.807, 2.05) is 18.7 Å². The number of piperazine rings is 1.